The van der Waals surface area contributed by atoms with Crippen LogP contribution in [0.2, 0.25) is 10.0 Å². The maximum Gasteiger partial charge on any atom is 0.0465 e. The zero-order chi connectivity index (χ0) is 15.4. The van der Waals surface area contributed by atoms with E-state index in [2.05, 4.69) is 31.0 Å². The summed E-state index contributed by atoms with van der Waals surface area (Å²) in [5.74, 6) is 0.694. The van der Waals surface area contributed by atoms with Crippen LogP contribution < -0.4 is 5.32 Å². The van der Waals surface area contributed by atoms with Crippen LogP contribution in [0.5, 0.6) is 0 Å². The van der Waals surface area contributed by atoms with Crippen molar-refractivity contribution >= 4 is 23.2 Å². The Morgan fingerprint density at radius 1 is 1.29 bits per heavy atom. The summed E-state index contributed by atoms with van der Waals surface area (Å²) in [7, 11) is 0. The quantitative estimate of drug-likeness (QED) is 0.850. The fourth-order valence-electron chi connectivity index (χ4n) is 3.06. The standard InChI is InChI=1S/C17H26Cl2N2/c1-4-13-10-21(14(9-20-13)8-12(2)3)11-15-16(18)6-5-7-17(15)19/h5-7,12-14,20H,4,8-11H2,1-3H3. The van der Waals surface area contributed by atoms with Crippen LogP contribution in [-0.4, -0.2) is 30.1 Å². The molecule has 1 saturated heterocycles. The average Bonchev–Trinajstić information content (AvgIpc) is 2.44. The van der Waals surface area contributed by atoms with E-state index in [4.69, 9.17) is 23.2 Å². The molecule has 1 aromatic rings. The lowest BCUT2D eigenvalue weighted by atomic mass is 9.97. The van der Waals surface area contributed by atoms with E-state index in [0.29, 0.717) is 18.0 Å². The molecule has 1 aliphatic rings. The molecule has 0 amide bonds. The number of hydrogen-bond donors (Lipinski definition) is 1. The van der Waals surface area contributed by atoms with E-state index in [1.807, 2.05) is 18.2 Å². The van der Waals surface area contributed by atoms with Gasteiger partial charge in [0.25, 0.3) is 0 Å². The van der Waals surface area contributed by atoms with Crippen molar-refractivity contribution in [2.75, 3.05) is 13.1 Å². The van der Waals surface area contributed by atoms with E-state index >= 15 is 0 Å². The van der Waals surface area contributed by atoms with Crippen molar-refractivity contribution < 1.29 is 0 Å². The largest absolute Gasteiger partial charge is 0.311 e. The topological polar surface area (TPSA) is 15.3 Å². The van der Waals surface area contributed by atoms with Gasteiger partial charge in [0, 0.05) is 47.3 Å². The number of rotatable bonds is 5. The van der Waals surface area contributed by atoms with Gasteiger partial charge >= 0.3 is 0 Å². The Bertz CT molecular complexity index is 442. The van der Waals surface area contributed by atoms with Gasteiger partial charge in [-0.05, 0) is 30.9 Å². The fourth-order valence-corrected chi connectivity index (χ4v) is 3.58. The summed E-state index contributed by atoms with van der Waals surface area (Å²) in [4.78, 5) is 2.55. The summed E-state index contributed by atoms with van der Waals surface area (Å²) >= 11 is 12.7. The predicted molar refractivity (Wildman–Crippen MR) is 92.2 cm³/mol. The summed E-state index contributed by atoms with van der Waals surface area (Å²) < 4.78 is 0. The summed E-state index contributed by atoms with van der Waals surface area (Å²) in [6.07, 6.45) is 2.35. The molecule has 0 bridgehead atoms. The zero-order valence-corrected chi connectivity index (χ0v) is 14.7. The molecular formula is C17H26Cl2N2. The Morgan fingerprint density at radius 2 is 1.95 bits per heavy atom. The highest BCUT2D eigenvalue weighted by molar-refractivity contribution is 6.35. The number of benzene rings is 1. The van der Waals surface area contributed by atoms with Gasteiger partial charge in [0.05, 0.1) is 0 Å². The van der Waals surface area contributed by atoms with Crippen molar-refractivity contribution in [3.05, 3.63) is 33.8 Å². The van der Waals surface area contributed by atoms with Crippen molar-refractivity contribution in [1.82, 2.24) is 10.2 Å². The average molecular weight is 329 g/mol. The minimum atomic E-state index is 0.556. The molecule has 1 fully saturated rings. The monoisotopic (exact) mass is 328 g/mol. The highest BCUT2D eigenvalue weighted by Gasteiger charge is 2.28. The van der Waals surface area contributed by atoms with Crippen LogP contribution in [-0.2, 0) is 6.54 Å². The van der Waals surface area contributed by atoms with Gasteiger partial charge in [-0.15, -0.1) is 0 Å². The minimum absolute atomic E-state index is 0.556. The van der Waals surface area contributed by atoms with Gasteiger partial charge in [-0.2, -0.15) is 0 Å². The highest BCUT2D eigenvalue weighted by atomic mass is 35.5. The first-order valence-electron chi connectivity index (χ1n) is 7.91. The third kappa shape index (κ3) is 4.59. The van der Waals surface area contributed by atoms with Gasteiger partial charge < -0.3 is 5.32 Å². The van der Waals surface area contributed by atoms with E-state index in [9.17, 15) is 0 Å². The van der Waals surface area contributed by atoms with Crippen molar-refractivity contribution in [2.45, 2.75) is 52.2 Å². The molecule has 1 heterocycles. The van der Waals surface area contributed by atoms with Crippen molar-refractivity contribution in [1.29, 1.82) is 0 Å². The van der Waals surface area contributed by atoms with E-state index in [1.54, 1.807) is 0 Å². The zero-order valence-electron chi connectivity index (χ0n) is 13.2. The summed E-state index contributed by atoms with van der Waals surface area (Å²) in [6.45, 7) is 9.77. The van der Waals surface area contributed by atoms with E-state index in [1.165, 1.54) is 6.42 Å². The molecule has 2 rings (SSSR count). The lowest BCUT2D eigenvalue weighted by molar-refractivity contribution is 0.105. The lowest BCUT2D eigenvalue weighted by Gasteiger charge is -2.41. The molecule has 1 aromatic carbocycles. The van der Waals surface area contributed by atoms with E-state index in [-0.39, 0.29) is 0 Å². The van der Waals surface area contributed by atoms with Gasteiger partial charge in [0.2, 0.25) is 0 Å². The Kier molecular flexibility index (Phi) is 6.36. The molecule has 21 heavy (non-hydrogen) atoms. The van der Waals surface area contributed by atoms with E-state index in [0.717, 1.165) is 41.7 Å². The van der Waals surface area contributed by atoms with Gasteiger partial charge in [0.15, 0.2) is 0 Å². The Morgan fingerprint density at radius 3 is 2.52 bits per heavy atom. The first-order chi connectivity index (χ1) is 10.0. The van der Waals surface area contributed by atoms with E-state index < -0.39 is 0 Å². The Balaban J connectivity index is 2.15. The maximum absolute atomic E-state index is 6.35. The van der Waals surface area contributed by atoms with Crippen molar-refractivity contribution in [3.63, 3.8) is 0 Å². The fraction of sp³-hybridized carbons (Fsp3) is 0.647. The van der Waals surface area contributed by atoms with Gasteiger partial charge in [-0.25, -0.2) is 0 Å². The first-order valence-corrected chi connectivity index (χ1v) is 8.67. The summed E-state index contributed by atoms with van der Waals surface area (Å²) in [5.41, 5.74) is 1.06. The van der Waals surface area contributed by atoms with Gasteiger partial charge in [-0.1, -0.05) is 50.0 Å². The summed E-state index contributed by atoms with van der Waals surface area (Å²) in [5, 5.41) is 5.21. The van der Waals surface area contributed by atoms with Crippen LogP contribution in [0.1, 0.15) is 39.2 Å². The van der Waals surface area contributed by atoms with Crippen LogP contribution in [0.3, 0.4) is 0 Å². The molecule has 2 unspecified atom stereocenters. The van der Waals surface area contributed by atoms with Gasteiger partial charge in [-0.3, -0.25) is 4.90 Å². The Labute approximate surface area is 138 Å². The number of piperazine rings is 1. The van der Waals surface area contributed by atoms with Crippen LogP contribution in [0.4, 0.5) is 0 Å². The lowest BCUT2D eigenvalue weighted by Crippen LogP contribution is -2.56. The molecule has 0 radical (unpaired) electrons. The van der Waals surface area contributed by atoms with Gasteiger partial charge in [0.1, 0.15) is 0 Å². The van der Waals surface area contributed by atoms with Crippen LogP contribution in [0.15, 0.2) is 18.2 Å². The van der Waals surface area contributed by atoms with Crippen LogP contribution >= 0.6 is 23.2 Å². The first kappa shape index (κ1) is 17.1. The third-order valence-electron chi connectivity index (χ3n) is 4.27. The second kappa shape index (κ2) is 7.82. The van der Waals surface area contributed by atoms with Crippen molar-refractivity contribution in [2.24, 2.45) is 5.92 Å². The smallest absolute Gasteiger partial charge is 0.0465 e. The maximum atomic E-state index is 6.35. The number of halogens is 2. The third-order valence-corrected chi connectivity index (χ3v) is 4.98. The highest BCUT2D eigenvalue weighted by Crippen LogP contribution is 2.28. The molecule has 0 saturated carbocycles. The molecule has 4 heteroatoms. The number of nitrogens with zero attached hydrogens (tertiary/aromatic N) is 1. The molecular weight excluding hydrogens is 303 g/mol. The SMILES string of the molecule is CCC1CN(Cc2c(Cl)cccc2Cl)C(CC(C)C)CN1. The molecule has 2 nitrogen and oxygen atoms in total. The molecule has 0 spiro atoms. The minimum Gasteiger partial charge on any atom is -0.311 e. The molecule has 0 aliphatic carbocycles. The molecule has 0 aromatic heterocycles. The van der Waals surface area contributed by atoms with Crippen LogP contribution in [0, 0.1) is 5.92 Å². The van der Waals surface area contributed by atoms with Crippen LogP contribution in [0.25, 0.3) is 0 Å². The predicted octanol–water partition coefficient (Wildman–Crippen LogP) is 4.59. The number of hydrogen-bond acceptors (Lipinski definition) is 2. The number of nitrogens with one attached hydrogen (secondary N) is 1. The molecule has 1 aliphatic heterocycles. The van der Waals surface area contributed by atoms with Crippen molar-refractivity contribution in [3.8, 4) is 0 Å². The molecule has 118 valence electrons. The Hall–Kier alpha value is -0.280. The molecule has 2 atom stereocenters. The molecule has 1 N–H and O–H groups in total. The summed E-state index contributed by atoms with van der Waals surface area (Å²) in [6, 6.07) is 6.89. The normalized spacial score (nSPS) is 23.7. The second-order valence-electron chi connectivity index (χ2n) is 6.43. The second-order valence-corrected chi connectivity index (χ2v) is 7.24.